The fraction of sp³-hybridized carbons (Fsp3) is 0.105. The van der Waals surface area contributed by atoms with E-state index in [4.69, 9.17) is 17.0 Å². The largest absolute Gasteiger partial charge is 0.496 e. The van der Waals surface area contributed by atoms with Gasteiger partial charge in [0.1, 0.15) is 11.3 Å². The summed E-state index contributed by atoms with van der Waals surface area (Å²) in [5.74, 6) is -0.346. The van der Waals surface area contributed by atoms with Gasteiger partial charge < -0.3 is 4.74 Å². The molecule has 27 heavy (non-hydrogen) atoms. The van der Waals surface area contributed by atoms with Gasteiger partial charge in [-0.3, -0.25) is 20.2 Å². The molecule has 1 saturated heterocycles. The number of methoxy groups -OCH3 is 1. The van der Waals surface area contributed by atoms with Gasteiger partial charge in [-0.25, -0.2) is 0 Å². The molecule has 2 N–H and O–H groups in total. The van der Waals surface area contributed by atoms with Gasteiger partial charge in [0.15, 0.2) is 5.11 Å². The van der Waals surface area contributed by atoms with E-state index in [1.54, 1.807) is 7.11 Å². The monoisotopic (exact) mass is 556 g/mol. The lowest BCUT2D eigenvalue weighted by atomic mass is 10.0. The minimum atomic E-state index is -0.519. The SMILES string of the molecule is COc1cc(C=C2C(=O)NC(=S)NC2=O)cc(I)c1Cc1ccccc1Br. The summed E-state index contributed by atoms with van der Waals surface area (Å²) in [6.45, 7) is 0. The maximum absolute atomic E-state index is 12.0. The smallest absolute Gasteiger partial charge is 0.263 e. The van der Waals surface area contributed by atoms with Crippen molar-refractivity contribution >= 4 is 73.7 Å². The van der Waals surface area contributed by atoms with E-state index in [1.165, 1.54) is 6.08 Å². The molecule has 3 rings (SSSR count). The van der Waals surface area contributed by atoms with Crippen LogP contribution in [0.15, 0.2) is 46.4 Å². The number of halogens is 2. The molecule has 0 atom stereocenters. The number of rotatable bonds is 4. The van der Waals surface area contributed by atoms with Crippen LogP contribution >= 0.6 is 50.7 Å². The molecule has 0 saturated carbocycles. The van der Waals surface area contributed by atoms with Gasteiger partial charge in [0.05, 0.1) is 7.11 Å². The number of amides is 2. The fourth-order valence-electron chi connectivity index (χ4n) is 2.67. The Bertz CT molecular complexity index is 969. The van der Waals surface area contributed by atoms with Crippen molar-refractivity contribution in [3.63, 3.8) is 0 Å². The quantitative estimate of drug-likeness (QED) is 0.261. The summed E-state index contributed by atoms with van der Waals surface area (Å²) in [4.78, 5) is 24.1. The zero-order valence-corrected chi connectivity index (χ0v) is 18.7. The van der Waals surface area contributed by atoms with Crippen molar-refractivity contribution < 1.29 is 14.3 Å². The van der Waals surface area contributed by atoms with Crippen molar-refractivity contribution in [2.24, 2.45) is 0 Å². The molecule has 0 unspecified atom stereocenters. The number of ether oxygens (including phenoxy) is 1. The molecule has 0 bridgehead atoms. The second kappa shape index (κ2) is 8.49. The topological polar surface area (TPSA) is 67.4 Å². The number of hydrogen-bond donors (Lipinski definition) is 2. The van der Waals surface area contributed by atoms with E-state index in [-0.39, 0.29) is 10.7 Å². The lowest BCUT2D eigenvalue weighted by molar-refractivity contribution is -0.123. The molecule has 0 aliphatic carbocycles. The minimum absolute atomic E-state index is 0.00000637. The lowest BCUT2D eigenvalue weighted by Crippen LogP contribution is -2.51. The molecule has 8 heteroatoms. The van der Waals surface area contributed by atoms with Crippen LogP contribution in [0.1, 0.15) is 16.7 Å². The number of thiocarbonyl (C=S) groups is 1. The molecule has 1 heterocycles. The van der Waals surface area contributed by atoms with E-state index in [9.17, 15) is 9.59 Å². The number of benzene rings is 2. The Kier molecular flexibility index (Phi) is 6.28. The van der Waals surface area contributed by atoms with Crippen LogP contribution < -0.4 is 15.4 Å². The van der Waals surface area contributed by atoms with Gasteiger partial charge in [0.2, 0.25) is 0 Å². The minimum Gasteiger partial charge on any atom is -0.496 e. The number of carbonyl (C=O) groups excluding carboxylic acids is 2. The van der Waals surface area contributed by atoms with Gasteiger partial charge in [0.25, 0.3) is 11.8 Å². The van der Waals surface area contributed by atoms with Crippen LogP contribution in [0, 0.1) is 3.57 Å². The standard InChI is InChI=1S/C19H14BrIN2O3S/c1-26-16-8-10(6-13-17(24)22-19(27)23-18(13)25)7-15(21)12(16)9-11-4-2-3-5-14(11)20/h2-8H,9H2,1H3,(H2,22,23,24,25,27). The molecular weight excluding hydrogens is 543 g/mol. The maximum Gasteiger partial charge on any atom is 0.263 e. The predicted molar refractivity (Wildman–Crippen MR) is 120 cm³/mol. The van der Waals surface area contributed by atoms with Gasteiger partial charge in [-0.1, -0.05) is 34.1 Å². The molecule has 1 fully saturated rings. The van der Waals surface area contributed by atoms with Gasteiger partial charge in [-0.05, 0) is 70.2 Å². The first-order valence-electron chi connectivity index (χ1n) is 7.87. The highest BCUT2D eigenvalue weighted by Gasteiger charge is 2.26. The third kappa shape index (κ3) is 4.56. The lowest BCUT2D eigenvalue weighted by Gasteiger charge is -2.17. The number of nitrogens with one attached hydrogen (secondary N) is 2. The highest BCUT2D eigenvalue weighted by Crippen LogP contribution is 2.31. The van der Waals surface area contributed by atoms with Crippen molar-refractivity contribution in [2.75, 3.05) is 7.11 Å². The van der Waals surface area contributed by atoms with Gasteiger partial charge >= 0.3 is 0 Å². The average molecular weight is 557 g/mol. The molecular formula is C19H14BrIN2O3S. The van der Waals surface area contributed by atoms with Crippen molar-refractivity contribution in [1.82, 2.24) is 10.6 Å². The summed E-state index contributed by atoms with van der Waals surface area (Å²) >= 11 is 10.6. The van der Waals surface area contributed by atoms with Gasteiger partial charge in [-0.2, -0.15) is 0 Å². The summed E-state index contributed by atoms with van der Waals surface area (Å²) in [5.41, 5.74) is 2.87. The molecule has 0 spiro atoms. The van der Waals surface area contributed by atoms with E-state index in [1.807, 2.05) is 30.3 Å². The first kappa shape index (κ1) is 20.0. The highest BCUT2D eigenvalue weighted by molar-refractivity contribution is 14.1. The summed E-state index contributed by atoms with van der Waals surface area (Å²) in [7, 11) is 1.60. The fourth-order valence-corrected chi connectivity index (χ4v) is 4.10. The Morgan fingerprint density at radius 3 is 2.48 bits per heavy atom. The third-order valence-corrected chi connectivity index (χ3v) is 5.92. The maximum atomic E-state index is 12.0. The summed E-state index contributed by atoms with van der Waals surface area (Å²) in [5, 5.41) is 4.87. The molecule has 0 radical (unpaired) electrons. The van der Waals surface area contributed by atoms with Crippen LogP contribution in [-0.2, 0) is 16.0 Å². The Balaban J connectivity index is 1.98. The molecule has 5 nitrogen and oxygen atoms in total. The first-order chi connectivity index (χ1) is 12.9. The number of carbonyl (C=O) groups is 2. The van der Waals surface area contributed by atoms with Crippen LogP contribution in [0.2, 0.25) is 0 Å². The molecule has 2 amide bonds. The molecule has 2 aromatic carbocycles. The molecule has 2 aromatic rings. The molecule has 138 valence electrons. The van der Waals surface area contributed by atoms with Crippen molar-refractivity contribution in [3.8, 4) is 5.75 Å². The molecule has 1 aliphatic rings. The Hall–Kier alpha value is -1.78. The predicted octanol–water partition coefficient (Wildman–Crippen LogP) is 3.57. The van der Waals surface area contributed by atoms with Crippen LogP contribution in [-0.4, -0.2) is 24.0 Å². The normalized spacial score (nSPS) is 13.9. The summed E-state index contributed by atoms with van der Waals surface area (Å²) < 4.78 is 7.57. The third-order valence-electron chi connectivity index (χ3n) is 3.98. The average Bonchev–Trinajstić information content (AvgIpc) is 2.61. The van der Waals surface area contributed by atoms with Crippen molar-refractivity contribution in [2.45, 2.75) is 6.42 Å². The van der Waals surface area contributed by atoms with E-state index in [0.29, 0.717) is 17.7 Å². The van der Waals surface area contributed by atoms with Crippen LogP contribution in [0.4, 0.5) is 0 Å². The van der Waals surface area contributed by atoms with Crippen molar-refractivity contribution in [3.05, 3.63) is 66.7 Å². The van der Waals surface area contributed by atoms with E-state index in [0.717, 1.165) is 19.2 Å². The van der Waals surface area contributed by atoms with Gasteiger partial charge in [0, 0.05) is 20.0 Å². The van der Waals surface area contributed by atoms with Crippen LogP contribution in [0.5, 0.6) is 5.75 Å². The Morgan fingerprint density at radius 2 is 1.85 bits per heavy atom. The van der Waals surface area contributed by atoms with E-state index >= 15 is 0 Å². The molecule has 0 aromatic heterocycles. The zero-order valence-electron chi connectivity index (χ0n) is 14.1. The summed E-state index contributed by atoms with van der Waals surface area (Å²) in [6, 6.07) is 11.7. The van der Waals surface area contributed by atoms with E-state index in [2.05, 4.69) is 55.2 Å². The summed E-state index contributed by atoms with van der Waals surface area (Å²) in [6.07, 6.45) is 2.22. The second-order valence-electron chi connectivity index (χ2n) is 5.75. The second-order valence-corrected chi connectivity index (χ2v) is 8.17. The van der Waals surface area contributed by atoms with Crippen LogP contribution in [0.3, 0.4) is 0 Å². The Labute approximate surface area is 183 Å². The zero-order chi connectivity index (χ0) is 19.6. The van der Waals surface area contributed by atoms with Gasteiger partial charge in [-0.15, -0.1) is 0 Å². The first-order valence-corrected chi connectivity index (χ1v) is 10.1. The Morgan fingerprint density at radius 1 is 1.19 bits per heavy atom. The number of hydrogen-bond acceptors (Lipinski definition) is 4. The van der Waals surface area contributed by atoms with E-state index < -0.39 is 11.8 Å². The highest BCUT2D eigenvalue weighted by atomic mass is 127. The van der Waals surface area contributed by atoms with Crippen molar-refractivity contribution in [1.29, 1.82) is 0 Å². The molecule has 1 aliphatic heterocycles. The van der Waals surface area contributed by atoms with Crippen LogP contribution in [0.25, 0.3) is 6.08 Å².